The molecular formula is C15H12FN3O. The minimum Gasteiger partial charge on any atom is -0.398 e. The number of para-hydroxylation sites is 1. The van der Waals surface area contributed by atoms with Gasteiger partial charge in [-0.05, 0) is 30.3 Å². The van der Waals surface area contributed by atoms with E-state index >= 15 is 0 Å². The quantitative estimate of drug-likeness (QED) is 0.852. The van der Waals surface area contributed by atoms with Crippen molar-refractivity contribution < 1.29 is 9.18 Å². The monoisotopic (exact) mass is 269 g/mol. The van der Waals surface area contributed by atoms with Gasteiger partial charge in [0.15, 0.2) is 0 Å². The van der Waals surface area contributed by atoms with Gasteiger partial charge in [-0.1, -0.05) is 12.1 Å². The number of halogens is 1. The van der Waals surface area contributed by atoms with E-state index in [0.29, 0.717) is 11.3 Å². The van der Waals surface area contributed by atoms with E-state index in [1.807, 2.05) is 6.07 Å². The Morgan fingerprint density at radius 1 is 1.30 bits per heavy atom. The highest BCUT2D eigenvalue weighted by Crippen LogP contribution is 2.22. The van der Waals surface area contributed by atoms with Gasteiger partial charge in [0.05, 0.1) is 16.8 Å². The maximum absolute atomic E-state index is 13.0. The van der Waals surface area contributed by atoms with E-state index in [0.717, 1.165) is 6.07 Å². The molecule has 5 heteroatoms. The Bertz CT molecular complexity index is 707. The fraction of sp³-hybridized carbons (Fsp3) is 0.0667. The predicted molar refractivity (Wildman–Crippen MR) is 74.7 cm³/mol. The van der Waals surface area contributed by atoms with Crippen molar-refractivity contribution in [2.24, 2.45) is 0 Å². The molecule has 0 atom stereocenters. The van der Waals surface area contributed by atoms with Gasteiger partial charge in [-0.3, -0.25) is 4.79 Å². The van der Waals surface area contributed by atoms with Crippen LogP contribution in [0, 0.1) is 17.1 Å². The summed E-state index contributed by atoms with van der Waals surface area (Å²) in [6.07, 6.45) is 0. The minimum absolute atomic E-state index is 0.0660. The van der Waals surface area contributed by atoms with Crippen LogP contribution in [0.4, 0.5) is 15.8 Å². The zero-order valence-electron chi connectivity index (χ0n) is 10.8. The Morgan fingerprint density at radius 2 is 2.00 bits per heavy atom. The summed E-state index contributed by atoms with van der Waals surface area (Å²) in [6.45, 7) is 0. The van der Waals surface area contributed by atoms with Gasteiger partial charge in [-0.2, -0.15) is 5.26 Å². The third kappa shape index (κ3) is 2.45. The Morgan fingerprint density at radius 3 is 2.65 bits per heavy atom. The minimum atomic E-state index is -0.501. The van der Waals surface area contributed by atoms with Gasteiger partial charge >= 0.3 is 0 Å². The Balaban J connectivity index is 2.41. The number of benzene rings is 2. The molecule has 0 saturated carbocycles. The van der Waals surface area contributed by atoms with E-state index in [1.165, 1.54) is 17.0 Å². The first-order valence-corrected chi connectivity index (χ1v) is 5.87. The summed E-state index contributed by atoms with van der Waals surface area (Å²) >= 11 is 0. The van der Waals surface area contributed by atoms with Crippen molar-refractivity contribution in [3.63, 3.8) is 0 Å². The molecule has 0 aliphatic carbocycles. The lowest BCUT2D eigenvalue weighted by Gasteiger charge is -2.19. The predicted octanol–water partition coefficient (Wildman–Crippen LogP) is 2.56. The molecule has 2 N–H and O–H groups in total. The van der Waals surface area contributed by atoms with Crippen molar-refractivity contribution in [3.8, 4) is 6.07 Å². The zero-order valence-corrected chi connectivity index (χ0v) is 10.8. The topological polar surface area (TPSA) is 70.1 Å². The summed E-state index contributed by atoms with van der Waals surface area (Å²) in [5, 5.41) is 9.05. The number of carbonyl (C=O) groups is 1. The van der Waals surface area contributed by atoms with Crippen molar-refractivity contribution in [2.75, 3.05) is 17.7 Å². The largest absolute Gasteiger partial charge is 0.398 e. The highest BCUT2D eigenvalue weighted by molar-refractivity contribution is 6.09. The maximum atomic E-state index is 13.0. The molecule has 0 aromatic heterocycles. The van der Waals surface area contributed by atoms with Crippen LogP contribution in [0.2, 0.25) is 0 Å². The van der Waals surface area contributed by atoms with Gasteiger partial charge in [0.2, 0.25) is 0 Å². The summed E-state index contributed by atoms with van der Waals surface area (Å²) in [6, 6.07) is 12.3. The molecule has 0 saturated heterocycles. The number of amides is 1. The number of rotatable bonds is 2. The summed E-state index contributed by atoms with van der Waals surface area (Å²) in [5.41, 5.74) is 6.77. The lowest BCUT2D eigenvalue weighted by Crippen LogP contribution is -2.27. The molecule has 0 aliphatic rings. The lowest BCUT2D eigenvalue weighted by molar-refractivity contribution is 0.0994. The Hall–Kier alpha value is -2.87. The molecular weight excluding hydrogens is 257 g/mol. The van der Waals surface area contributed by atoms with Crippen LogP contribution < -0.4 is 10.6 Å². The highest BCUT2D eigenvalue weighted by Gasteiger charge is 2.18. The van der Waals surface area contributed by atoms with Gasteiger partial charge in [-0.15, -0.1) is 0 Å². The third-order valence-corrected chi connectivity index (χ3v) is 2.93. The second-order valence-electron chi connectivity index (χ2n) is 4.22. The lowest BCUT2D eigenvalue weighted by atomic mass is 10.1. The van der Waals surface area contributed by atoms with Gasteiger partial charge in [0.25, 0.3) is 5.91 Å². The number of nitriles is 1. The van der Waals surface area contributed by atoms with E-state index in [1.54, 1.807) is 31.3 Å². The van der Waals surface area contributed by atoms with E-state index in [4.69, 9.17) is 11.0 Å². The van der Waals surface area contributed by atoms with E-state index in [9.17, 15) is 9.18 Å². The Kier molecular flexibility index (Phi) is 3.67. The van der Waals surface area contributed by atoms with Crippen LogP contribution in [0.3, 0.4) is 0 Å². The first-order valence-electron chi connectivity index (χ1n) is 5.87. The van der Waals surface area contributed by atoms with Crippen LogP contribution in [0.1, 0.15) is 15.9 Å². The molecule has 1 amide bonds. The standard InChI is InChI=1S/C15H12FN3O/c1-19(14-5-3-2-4-10(14)9-17)15(20)12-7-6-11(16)8-13(12)18/h2-8H,18H2,1H3. The molecule has 0 bridgehead atoms. The van der Waals surface area contributed by atoms with E-state index in [2.05, 4.69) is 0 Å². The first kappa shape index (κ1) is 13.6. The Labute approximate surface area is 115 Å². The van der Waals surface area contributed by atoms with Crippen LogP contribution in [-0.2, 0) is 0 Å². The molecule has 20 heavy (non-hydrogen) atoms. The normalized spacial score (nSPS) is 9.85. The van der Waals surface area contributed by atoms with Gasteiger partial charge < -0.3 is 10.6 Å². The molecule has 0 radical (unpaired) electrons. The van der Waals surface area contributed by atoms with Crippen molar-refractivity contribution in [2.45, 2.75) is 0 Å². The molecule has 2 rings (SSSR count). The summed E-state index contributed by atoms with van der Waals surface area (Å²) in [5.74, 6) is -0.899. The number of anilines is 2. The summed E-state index contributed by atoms with van der Waals surface area (Å²) in [7, 11) is 1.54. The van der Waals surface area contributed by atoms with Crippen molar-refractivity contribution in [3.05, 3.63) is 59.4 Å². The van der Waals surface area contributed by atoms with E-state index < -0.39 is 11.7 Å². The second-order valence-corrected chi connectivity index (χ2v) is 4.22. The van der Waals surface area contributed by atoms with Gasteiger partial charge in [0, 0.05) is 12.7 Å². The average Bonchev–Trinajstić information content (AvgIpc) is 2.45. The number of nitrogen functional groups attached to an aromatic ring is 1. The first-order chi connectivity index (χ1) is 9.54. The van der Waals surface area contributed by atoms with Crippen LogP contribution in [0.25, 0.3) is 0 Å². The number of hydrogen-bond acceptors (Lipinski definition) is 3. The molecule has 100 valence electrons. The van der Waals surface area contributed by atoms with Crippen LogP contribution >= 0.6 is 0 Å². The van der Waals surface area contributed by atoms with Crippen molar-refractivity contribution >= 4 is 17.3 Å². The summed E-state index contributed by atoms with van der Waals surface area (Å²) in [4.78, 5) is 13.7. The third-order valence-electron chi connectivity index (χ3n) is 2.93. The van der Waals surface area contributed by atoms with Crippen molar-refractivity contribution in [1.82, 2.24) is 0 Å². The number of carbonyl (C=O) groups excluding carboxylic acids is 1. The van der Waals surface area contributed by atoms with E-state index in [-0.39, 0.29) is 11.3 Å². The molecule has 0 spiro atoms. The summed E-state index contributed by atoms with van der Waals surface area (Å²) < 4.78 is 13.0. The molecule has 0 aliphatic heterocycles. The van der Waals surface area contributed by atoms with Crippen LogP contribution in [0.15, 0.2) is 42.5 Å². The molecule has 2 aromatic rings. The number of nitrogens with two attached hydrogens (primary N) is 1. The smallest absolute Gasteiger partial charge is 0.260 e. The molecule has 0 heterocycles. The number of hydrogen-bond donors (Lipinski definition) is 1. The highest BCUT2D eigenvalue weighted by atomic mass is 19.1. The molecule has 2 aromatic carbocycles. The maximum Gasteiger partial charge on any atom is 0.260 e. The fourth-order valence-corrected chi connectivity index (χ4v) is 1.88. The molecule has 0 unspecified atom stereocenters. The zero-order chi connectivity index (χ0) is 14.7. The van der Waals surface area contributed by atoms with Crippen molar-refractivity contribution in [1.29, 1.82) is 5.26 Å². The molecule has 0 fully saturated rings. The van der Waals surface area contributed by atoms with Crippen LogP contribution in [0.5, 0.6) is 0 Å². The number of nitrogens with zero attached hydrogens (tertiary/aromatic N) is 2. The van der Waals surface area contributed by atoms with Crippen LogP contribution in [-0.4, -0.2) is 13.0 Å². The van der Waals surface area contributed by atoms with Gasteiger partial charge in [-0.25, -0.2) is 4.39 Å². The average molecular weight is 269 g/mol. The fourth-order valence-electron chi connectivity index (χ4n) is 1.88. The van der Waals surface area contributed by atoms with Gasteiger partial charge in [0.1, 0.15) is 11.9 Å². The second kappa shape index (κ2) is 5.41. The SMILES string of the molecule is CN(C(=O)c1ccc(F)cc1N)c1ccccc1C#N. The molecule has 4 nitrogen and oxygen atoms in total.